The van der Waals surface area contributed by atoms with Crippen LogP contribution in [-0.4, -0.2) is 52.8 Å². The van der Waals surface area contributed by atoms with Crippen molar-refractivity contribution in [2.75, 3.05) is 26.2 Å². The number of hydrogen-bond acceptors (Lipinski definition) is 4. The van der Waals surface area contributed by atoms with Crippen molar-refractivity contribution >= 4 is 23.2 Å². The van der Waals surface area contributed by atoms with Gasteiger partial charge in [-0.25, -0.2) is 9.37 Å². The van der Waals surface area contributed by atoms with Crippen LogP contribution in [0.5, 0.6) is 0 Å². The average Bonchev–Trinajstić information content (AvgIpc) is 3.39. The van der Waals surface area contributed by atoms with Crippen LogP contribution in [0.2, 0.25) is 0 Å². The number of halogens is 1. The van der Waals surface area contributed by atoms with Crippen molar-refractivity contribution in [3.63, 3.8) is 0 Å². The van der Waals surface area contributed by atoms with Crippen LogP contribution >= 0.6 is 11.3 Å². The van der Waals surface area contributed by atoms with Crippen LogP contribution in [-0.2, 0) is 4.79 Å². The van der Waals surface area contributed by atoms with E-state index in [1.165, 1.54) is 17.4 Å². The maximum Gasteiger partial charge on any atom is 0.273 e. The average molecular weight is 387 g/mol. The minimum atomic E-state index is -0.341. The topological polar surface area (TPSA) is 53.5 Å². The lowest BCUT2D eigenvalue weighted by molar-refractivity contribution is -0.135. The second kappa shape index (κ2) is 7.76. The molecule has 0 radical (unpaired) electrons. The molecular weight excluding hydrogens is 365 g/mol. The third-order valence-corrected chi connectivity index (χ3v) is 6.25. The lowest BCUT2D eigenvalue weighted by Crippen LogP contribution is -2.43. The fourth-order valence-corrected chi connectivity index (χ4v) is 4.64. The first-order valence-electron chi connectivity index (χ1n) is 9.42. The van der Waals surface area contributed by atoms with Crippen LogP contribution < -0.4 is 0 Å². The number of nitrogens with zero attached hydrogens (tertiary/aromatic N) is 3. The Bertz CT molecular complexity index is 839. The zero-order valence-corrected chi connectivity index (χ0v) is 15.9. The van der Waals surface area contributed by atoms with Crippen LogP contribution in [0.1, 0.15) is 36.2 Å². The first-order chi connectivity index (χ1) is 13.1. The molecule has 0 aliphatic carbocycles. The van der Waals surface area contributed by atoms with Crippen molar-refractivity contribution in [3.05, 3.63) is 41.2 Å². The van der Waals surface area contributed by atoms with Gasteiger partial charge < -0.3 is 9.80 Å². The molecule has 1 aromatic heterocycles. The summed E-state index contributed by atoms with van der Waals surface area (Å²) in [5, 5.41) is 2.20. The van der Waals surface area contributed by atoms with E-state index >= 15 is 0 Å². The van der Waals surface area contributed by atoms with Gasteiger partial charge in [0.1, 0.15) is 16.5 Å². The van der Waals surface area contributed by atoms with Gasteiger partial charge in [0.05, 0.1) is 0 Å². The van der Waals surface area contributed by atoms with Gasteiger partial charge in [0.15, 0.2) is 0 Å². The molecule has 2 aromatic rings. The minimum Gasteiger partial charge on any atom is -0.342 e. The number of piperidine rings is 1. The number of amides is 2. The number of thiazole rings is 1. The van der Waals surface area contributed by atoms with Crippen LogP contribution in [0.25, 0.3) is 10.6 Å². The van der Waals surface area contributed by atoms with E-state index in [-0.39, 0.29) is 23.5 Å². The van der Waals surface area contributed by atoms with E-state index < -0.39 is 0 Å². The van der Waals surface area contributed by atoms with E-state index in [0.717, 1.165) is 25.9 Å². The third-order valence-electron chi connectivity index (χ3n) is 5.38. The van der Waals surface area contributed by atoms with Gasteiger partial charge in [-0.05, 0) is 37.8 Å². The maximum absolute atomic E-state index is 13.9. The second-order valence-corrected chi connectivity index (χ2v) is 7.97. The molecule has 27 heavy (non-hydrogen) atoms. The number of benzene rings is 1. The predicted molar refractivity (Wildman–Crippen MR) is 102 cm³/mol. The molecule has 0 N–H and O–H groups in total. The van der Waals surface area contributed by atoms with Crippen molar-refractivity contribution in [2.24, 2.45) is 5.92 Å². The zero-order valence-electron chi connectivity index (χ0n) is 15.1. The number of carbonyl (C=O) groups is 2. The molecule has 2 amide bonds. The Morgan fingerprint density at radius 1 is 1.04 bits per heavy atom. The normalized spacial score (nSPS) is 18.1. The lowest BCUT2D eigenvalue weighted by atomic mass is 9.95. The molecule has 0 bridgehead atoms. The molecule has 1 aromatic carbocycles. The van der Waals surface area contributed by atoms with Gasteiger partial charge in [0, 0.05) is 43.0 Å². The van der Waals surface area contributed by atoms with Gasteiger partial charge in [-0.3, -0.25) is 9.59 Å². The Hall–Kier alpha value is -2.28. The zero-order chi connectivity index (χ0) is 18.8. The number of aromatic nitrogens is 1. The molecule has 0 saturated carbocycles. The minimum absolute atomic E-state index is 0.0246. The smallest absolute Gasteiger partial charge is 0.273 e. The SMILES string of the molecule is O=C(c1csc(-c2ccccc2F)n1)N1CCC(C(=O)N2CCCC2)CC1. The van der Waals surface area contributed by atoms with Crippen molar-refractivity contribution < 1.29 is 14.0 Å². The molecule has 2 fully saturated rings. The van der Waals surface area contributed by atoms with Gasteiger partial charge in [-0.15, -0.1) is 11.3 Å². The summed E-state index contributed by atoms with van der Waals surface area (Å²) in [4.78, 5) is 33.3. The molecule has 5 nitrogen and oxygen atoms in total. The number of hydrogen-bond donors (Lipinski definition) is 0. The molecule has 0 unspecified atom stereocenters. The van der Waals surface area contributed by atoms with E-state index in [2.05, 4.69) is 4.98 Å². The summed E-state index contributed by atoms with van der Waals surface area (Å²) in [6.07, 6.45) is 3.59. The van der Waals surface area contributed by atoms with Gasteiger partial charge in [-0.2, -0.15) is 0 Å². The van der Waals surface area contributed by atoms with Crippen molar-refractivity contribution in [2.45, 2.75) is 25.7 Å². The monoisotopic (exact) mass is 387 g/mol. The van der Waals surface area contributed by atoms with E-state index in [4.69, 9.17) is 0 Å². The summed E-state index contributed by atoms with van der Waals surface area (Å²) in [6.45, 7) is 2.87. The third kappa shape index (κ3) is 3.74. The van der Waals surface area contributed by atoms with E-state index in [1.807, 2.05) is 4.90 Å². The first-order valence-corrected chi connectivity index (χ1v) is 10.3. The van der Waals surface area contributed by atoms with Crippen LogP contribution in [0.15, 0.2) is 29.6 Å². The highest BCUT2D eigenvalue weighted by molar-refractivity contribution is 7.13. The fourth-order valence-electron chi connectivity index (χ4n) is 3.82. The summed E-state index contributed by atoms with van der Waals surface area (Å²) in [5.41, 5.74) is 0.763. The van der Waals surface area contributed by atoms with Crippen LogP contribution in [0.4, 0.5) is 4.39 Å². The Balaban J connectivity index is 1.38. The molecule has 0 spiro atoms. The molecular formula is C20H22FN3O2S. The summed E-state index contributed by atoms with van der Waals surface area (Å²) < 4.78 is 13.9. The Labute approximate surface area is 161 Å². The van der Waals surface area contributed by atoms with Gasteiger partial charge >= 0.3 is 0 Å². The highest BCUT2D eigenvalue weighted by Crippen LogP contribution is 2.28. The molecule has 2 aliphatic heterocycles. The van der Waals surface area contributed by atoms with Crippen molar-refractivity contribution in [1.82, 2.24) is 14.8 Å². The summed E-state index contributed by atoms with van der Waals surface area (Å²) in [6, 6.07) is 6.44. The molecule has 142 valence electrons. The molecule has 2 aliphatic rings. The second-order valence-electron chi connectivity index (χ2n) is 7.12. The predicted octanol–water partition coefficient (Wildman–Crippen LogP) is 3.42. The largest absolute Gasteiger partial charge is 0.342 e. The molecule has 0 atom stereocenters. The maximum atomic E-state index is 13.9. The molecule has 3 heterocycles. The van der Waals surface area contributed by atoms with Crippen LogP contribution in [0, 0.1) is 11.7 Å². The fraction of sp³-hybridized carbons (Fsp3) is 0.450. The Morgan fingerprint density at radius 2 is 1.74 bits per heavy atom. The Morgan fingerprint density at radius 3 is 2.44 bits per heavy atom. The van der Waals surface area contributed by atoms with Crippen molar-refractivity contribution in [1.29, 1.82) is 0 Å². The number of rotatable bonds is 3. The van der Waals surface area contributed by atoms with Crippen molar-refractivity contribution in [3.8, 4) is 10.6 Å². The molecule has 2 saturated heterocycles. The summed E-state index contributed by atoms with van der Waals surface area (Å²) in [5.74, 6) is -0.209. The molecule has 7 heteroatoms. The van der Waals surface area contributed by atoms with E-state index in [9.17, 15) is 14.0 Å². The first kappa shape index (κ1) is 18.1. The Kier molecular flexibility index (Phi) is 5.20. The summed E-state index contributed by atoms with van der Waals surface area (Å²) in [7, 11) is 0. The highest BCUT2D eigenvalue weighted by Gasteiger charge is 2.32. The number of likely N-dealkylation sites (tertiary alicyclic amines) is 2. The van der Waals surface area contributed by atoms with E-state index in [1.54, 1.807) is 28.5 Å². The lowest BCUT2D eigenvalue weighted by Gasteiger charge is -2.32. The number of carbonyl (C=O) groups excluding carboxylic acids is 2. The van der Waals surface area contributed by atoms with Gasteiger partial charge in [0.25, 0.3) is 5.91 Å². The quantitative estimate of drug-likeness (QED) is 0.811. The van der Waals surface area contributed by atoms with Gasteiger partial charge in [0.2, 0.25) is 5.91 Å². The standard InChI is InChI=1S/C20H22FN3O2S/c21-16-6-2-1-5-15(16)18-22-17(13-27-18)20(26)24-11-7-14(8-12-24)19(25)23-9-3-4-10-23/h1-2,5-6,13-14H,3-4,7-12H2. The molecule has 4 rings (SSSR count). The van der Waals surface area contributed by atoms with E-state index in [0.29, 0.717) is 42.2 Å². The highest BCUT2D eigenvalue weighted by atomic mass is 32.1. The summed E-state index contributed by atoms with van der Waals surface area (Å²) >= 11 is 1.27. The van der Waals surface area contributed by atoms with Crippen LogP contribution in [0.3, 0.4) is 0 Å². The van der Waals surface area contributed by atoms with Gasteiger partial charge in [-0.1, -0.05) is 12.1 Å².